The molecule has 0 amide bonds. The molecule has 0 aromatic carbocycles. The minimum atomic E-state index is -0.169. The summed E-state index contributed by atoms with van der Waals surface area (Å²) in [5, 5.41) is 10.2. The van der Waals surface area contributed by atoms with Crippen molar-refractivity contribution in [2.45, 2.75) is 57.2 Å². The predicted octanol–water partition coefficient (Wildman–Crippen LogP) is 2.93. The highest BCUT2D eigenvalue weighted by Gasteiger charge is 2.55. The molecule has 0 aliphatic heterocycles. The third-order valence-corrected chi connectivity index (χ3v) is 4.69. The third-order valence-electron chi connectivity index (χ3n) is 4.69. The van der Waals surface area contributed by atoms with Gasteiger partial charge in [0.15, 0.2) is 0 Å². The van der Waals surface area contributed by atoms with E-state index in [0.29, 0.717) is 0 Å². The first kappa shape index (κ1) is 12.0. The highest BCUT2D eigenvalue weighted by molar-refractivity contribution is 5.18. The topological polar surface area (TPSA) is 42.4 Å². The fraction of sp³-hybridized carbons (Fsp3) is 0.667. The van der Waals surface area contributed by atoms with Gasteiger partial charge in [0.25, 0.3) is 0 Å². The zero-order valence-electron chi connectivity index (χ0n) is 10.7. The highest BCUT2D eigenvalue weighted by atomic mass is 16.5. The minimum absolute atomic E-state index is 0.0202. The van der Waals surface area contributed by atoms with Crippen LogP contribution in [0.25, 0.3) is 0 Å². The maximum absolute atomic E-state index is 10.2. The Kier molecular flexibility index (Phi) is 3.25. The molecule has 0 bridgehead atoms. The van der Waals surface area contributed by atoms with Gasteiger partial charge in [-0.3, -0.25) is 4.98 Å². The second-order valence-corrected chi connectivity index (χ2v) is 5.69. The summed E-state index contributed by atoms with van der Waals surface area (Å²) in [4.78, 5) is 4.08. The van der Waals surface area contributed by atoms with E-state index in [4.69, 9.17) is 4.74 Å². The van der Waals surface area contributed by atoms with E-state index >= 15 is 0 Å². The Hall–Kier alpha value is -1.09. The second-order valence-electron chi connectivity index (χ2n) is 5.69. The zero-order chi connectivity index (χ0) is 12.4. The summed E-state index contributed by atoms with van der Waals surface area (Å²) in [6.07, 6.45) is 11.6. The Morgan fingerprint density at radius 1 is 1.22 bits per heavy atom. The number of hydrogen-bond acceptors (Lipinski definition) is 3. The Labute approximate surface area is 108 Å². The molecular formula is C15H21NO2. The molecule has 2 aliphatic rings. The smallest absolute Gasteiger partial charge is 0.138 e. The molecule has 2 fully saturated rings. The molecule has 2 unspecified atom stereocenters. The second kappa shape index (κ2) is 4.88. The summed E-state index contributed by atoms with van der Waals surface area (Å²) in [7, 11) is 0. The number of pyridine rings is 1. The van der Waals surface area contributed by atoms with Gasteiger partial charge in [-0.1, -0.05) is 25.7 Å². The van der Waals surface area contributed by atoms with Crippen molar-refractivity contribution >= 4 is 0 Å². The lowest BCUT2D eigenvalue weighted by molar-refractivity contribution is -0.163. The average molecular weight is 247 g/mol. The van der Waals surface area contributed by atoms with Crippen molar-refractivity contribution in [3.63, 3.8) is 0 Å². The molecule has 3 nitrogen and oxygen atoms in total. The van der Waals surface area contributed by atoms with Crippen LogP contribution >= 0.6 is 0 Å². The number of aliphatic hydroxyl groups excluding tert-OH is 1. The fourth-order valence-corrected chi connectivity index (χ4v) is 3.51. The zero-order valence-corrected chi connectivity index (χ0v) is 10.7. The lowest BCUT2D eigenvalue weighted by Crippen LogP contribution is -2.59. The van der Waals surface area contributed by atoms with E-state index in [9.17, 15) is 5.11 Å². The van der Waals surface area contributed by atoms with Gasteiger partial charge in [-0.05, 0) is 25.0 Å². The van der Waals surface area contributed by atoms with E-state index in [0.717, 1.165) is 25.0 Å². The first-order valence-corrected chi connectivity index (χ1v) is 7.06. The number of nitrogens with zero attached hydrogens (tertiary/aromatic N) is 1. The van der Waals surface area contributed by atoms with Gasteiger partial charge < -0.3 is 9.84 Å². The Morgan fingerprint density at radius 3 is 2.61 bits per heavy atom. The van der Waals surface area contributed by atoms with Crippen molar-refractivity contribution in [2.75, 3.05) is 0 Å². The number of aromatic nitrogens is 1. The van der Waals surface area contributed by atoms with Crippen LogP contribution in [0.4, 0.5) is 0 Å². The maximum atomic E-state index is 10.2. The van der Waals surface area contributed by atoms with Crippen molar-refractivity contribution in [3.05, 3.63) is 24.5 Å². The third kappa shape index (κ3) is 2.01. The molecule has 98 valence electrons. The largest absolute Gasteiger partial charge is 0.488 e. The van der Waals surface area contributed by atoms with Gasteiger partial charge in [-0.15, -0.1) is 0 Å². The molecule has 1 aromatic rings. The van der Waals surface area contributed by atoms with Crippen LogP contribution < -0.4 is 4.74 Å². The van der Waals surface area contributed by atoms with Crippen molar-refractivity contribution < 1.29 is 9.84 Å². The normalized spacial score (nSPS) is 30.5. The Balaban J connectivity index is 1.72. The molecule has 1 aromatic heterocycles. The molecule has 0 saturated heterocycles. The molecule has 3 rings (SSSR count). The molecule has 2 atom stereocenters. The fourth-order valence-electron chi connectivity index (χ4n) is 3.51. The highest BCUT2D eigenvalue weighted by Crippen LogP contribution is 2.52. The predicted molar refractivity (Wildman–Crippen MR) is 69.4 cm³/mol. The minimum Gasteiger partial charge on any atom is -0.488 e. The van der Waals surface area contributed by atoms with Crippen LogP contribution in [0.3, 0.4) is 0 Å². The van der Waals surface area contributed by atoms with Crippen molar-refractivity contribution in [1.82, 2.24) is 4.98 Å². The van der Waals surface area contributed by atoms with E-state index in [1.165, 1.54) is 25.7 Å². The lowest BCUT2D eigenvalue weighted by Gasteiger charge is -2.53. The molecule has 18 heavy (non-hydrogen) atoms. The molecule has 2 saturated carbocycles. The van der Waals surface area contributed by atoms with E-state index in [2.05, 4.69) is 4.98 Å². The van der Waals surface area contributed by atoms with Gasteiger partial charge in [0.1, 0.15) is 11.9 Å². The molecule has 3 heteroatoms. The summed E-state index contributed by atoms with van der Waals surface area (Å²) < 4.78 is 6.05. The van der Waals surface area contributed by atoms with E-state index in [1.807, 2.05) is 12.1 Å². The van der Waals surface area contributed by atoms with Crippen LogP contribution in [0.2, 0.25) is 0 Å². The van der Waals surface area contributed by atoms with Gasteiger partial charge in [-0.25, -0.2) is 0 Å². The van der Waals surface area contributed by atoms with Gasteiger partial charge in [0, 0.05) is 18.0 Å². The number of hydrogen-bond donors (Lipinski definition) is 1. The summed E-state index contributed by atoms with van der Waals surface area (Å²) >= 11 is 0. The molecule has 1 spiro atoms. The Morgan fingerprint density at radius 2 is 2.00 bits per heavy atom. The van der Waals surface area contributed by atoms with Crippen LogP contribution in [-0.4, -0.2) is 22.3 Å². The van der Waals surface area contributed by atoms with E-state index in [1.54, 1.807) is 12.4 Å². The average Bonchev–Trinajstić information content (AvgIpc) is 2.67. The number of rotatable bonds is 2. The molecule has 1 heterocycles. The van der Waals surface area contributed by atoms with Crippen LogP contribution in [0.5, 0.6) is 5.75 Å². The number of aliphatic hydroxyl groups is 1. The van der Waals surface area contributed by atoms with Crippen molar-refractivity contribution in [1.29, 1.82) is 0 Å². The summed E-state index contributed by atoms with van der Waals surface area (Å²) in [6, 6.07) is 3.84. The summed E-state index contributed by atoms with van der Waals surface area (Å²) in [6.45, 7) is 0. The van der Waals surface area contributed by atoms with Crippen LogP contribution in [0.1, 0.15) is 44.9 Å². The first-order valence-electron chi connectivity index (χ1n) is 7.06. The van der Waals surface area contributed by atoms with E-state index in [-0.39, 0.29) is 17.6 Å². The standard InChI is InChI=1S/C15H21NO2/c17-13-10-14(18-12-6-5-9-16-11-12)15(13)7-3-1-2-4-8-15/h5-6,9,11,13-14,17H,1-4,7-8,10H2. The van der Waals surface area contributed by atoms with Crippen LogP contribution in [0.15, 0.2) is 24.5 Å². The van der Waals surface area contributed by atoms with Crippen LogP contribution in [-0.2, 0) is 0 Å². The first-order chi connectivity index (χ1) is 8.81. The molecule has 2 aliphatic carbocycles. The van der Waals surface area contributed by atoms with Crippen molar-refractivity contribution in [3.8, 4) is 5.75 Å². The van der Waals surface area contributed by atoms with Gasteiger partial charge in [-0.2, -0.15) is 0 Å². The van der Waals surface area contributed by atoms with E-state index < -0.39 is 0 Å². The molecule has 1 N–H and O–H groups in total. The number of ether oxygens (including phenoxy) is 1. The molecule has 0 radical (unpaired) electrons. The SMILES string of the molecule is OC1CC(Oc2cccnc2)C12CCCCCC2. The Bertz CT molecular complexity index is 385. The summed E-state index contributed by atoms with van der Waals surface area (Å²) in [5.74, 6) is 0.832. The summed E-state index contributed by atoms with van der Waals surface area (Å²) in [5.41, 5.74) is 0.0202. The molecular weight excluding hydrogens is 226 g/mol. The van der Waals surface area contributed by atoms with Gasteiger partial charge >= 0.3 is 0 Å². The van der Waals surface area contributed by atoms with Gasteiger partial charge in [0.2, 0.25) is 0 Å². The maximum Gasteiger partial charge on any atom is 0.138 e. The van der Waals surface area contributed by atoms with Gasteiger partial charge in [0.05, 0.1) is 12.3 Å². The lowest BCUT2D eigenvalue weighted by atomic mass is 9.59. The monoisotopic (exact) mass is 247 g/mol. The van der Waals surface area contributed by atoms with Crippen molar-refractivity contribution in [2.24, 2.45) is 5.41 Å². The van der Waals surface area contributed by atoms with Crippen LogP contribution in [0, 0.1) is 5.41 Å². The quantitative estimate of drug-likeness (QED) is 0.873.